The molecule has 0 spiro atoms. The molecule has 0 bridgehead atoms. The molecule has 1 aromatic carbocycles. The molecule has 0 atom stereocenters. The summed E-state index contributed by atoms with van der Waals surface area (Å²) >= 11 is 0. The maximum atomic E-state index is 13.3. The Morgan fingerprint density at radius 3 is 3.00 bits per heavy atom. The zero-order chi connectivity index (χ0) is 10.1. The molecule has 0 radical (unpaired) electrons. The first kappa shape index (κ1) is 9.19. The fraction of sp³-hybridized carbons (Fsp3) is 0.364. The van der Waals surface area contributed by atoms with Crippen LogP contribution in [-0.4, -0.2) is 12.4 Å². The van der Waals surface area contributed by atoms with Gasteiger partial charge in [-0.05, 0) is 31.9 Å². The third-order valence-corrected chi connectivity index (χ3v) is 2.40. The molecule has 0 saturated heterocycles. The quantitative estimate of drug-likeness (QED) is 0.641. The fourth-order valence-corrected chi connectivity index (χ4v) is 1.70. The minimum absolute atomic E-state index is 0.0804. The molecule has 0 N–H and O–H groups in total. The predicted molar refractivity (Wildman–Crippen MR) is 50.2 cm³/mol. The molecule has 1 aromatic rings. The highest BCUT2D eigenvalue weighted by Gasteiger charge is 2.20. The topological polar surface area (TPSA) is 26.3 Å². The van der Waals surface area contributed by atoms with Crippen LogP contribution in [0, 0.1) is 5.82 Å². The Kier molecular flexibility index (Phi) is 2.23. The van der Waals surface area contributed by atoms with E-state index < -0.39 is 0 Å². The van der Waals surface area contributed by atoms with Crippen molar-refractivity contribution in [3.05, 3.63) is 29.1 Å². The van der Waals surface area contributed by atoms with Gasteiger partial charge in [-0.3, -0.25) is 4.79 Å². The van der Waals surface area contributed by atoms with E-state index in [1.807, 2.05) is 0 Å². The van der Waals surface area contributed by atoms with Crippen LogP contribution in [0.2, 0.25) is 0 Å². The highest BCUT2D eigenvalue weighted by molar-refractivity contribution is 5.97. The van der Waals surface area contributed by atoms with E-state index in [4.69, 9.17) is 4.74 Å². The highest BCUT2D eigenvalue weighted by atomic mass is 19.1. The molecule has 0 saturated carbocycles. The molecular weight excluding hydrogens is 183 g/mol. The van der Waals surface area contributed by atoms with E-state index in [1.54, 1.807) is 0 Å². The number of rotatable bonds is 1. The van der Waals surface area contributed by atoms with Crippen LogP contribution >= 0.6 is 0 Å². The van der Waals surface area contributed by atoms with Gasteiger partial charge >= 0.3 is 0 Å². The van der Waals surface area contributed by atoms with E-state index >= 15 is 0 Å². The van der Waals surface area contributed by atoms with Gasteiger partial charge in [0.25, 0.3) is 0 Å². The van der Waals surface area contributed by atoms with Gasteiger partial charge < -0.3 is 4.74 Å². The SMILES string of the molecule is CC(=O)c1ccc(F)c2c1OCCC2. The third kappa shape index (κ3) is 1.39. The van der Waals surface area contributed by atoms with Gasteiger partial charge in [-0.1, -0.05) is 0 Å². The summed E-state index contributed by atoms with van der Waals surface area (Å²) < 4.78 is 18.7. The molecule has 0 amide bonds. The summed E-state index contributed by atoms with van der Waals surface area (Å²) in [5.41, 5.74) is 1.03. The van der Waals surface area contributed by atoms with Gasteiger partial charge in [-0.25, -0.2) is 4.39 Å². The Labute approximate surface area is 81.7 Å². The van der Waals surface area contributed by atoms with Crippen molar-refractivity contribution in [1.82, 2.24) is 0 Å². The normalized spacial score (nSPS) is 14.4. The summed E-state index contributed by atoms with van der Waals surface area (Å²) in [6, 6.07) is 2.83. The van der Waals surface area contributed by atoms with Crippen LogP contribution in [0.4, 0.5) is 4.39 Å². The van der Waals surface area contributed by atoms with Crippen LogP contribution in [0.1, 0.15) is 29.3 Å². The lowest BCUT2D eigenvalue weighted by Crippen LogP contribution is -2.13. The molecule has 0 unspecified atom stereocenters. The monoisotopic (exact) mass is 194 g/mol. The minimum Gasteiger partial charge on any atom is -0.492 e. The van der Waals surface area contributed by atoms with Crippen LogP contribution in [0.5, 0.6) is 5.75 Å². The van der Waals surface area contributed by atoms with Crippen LogP contribution in [0.3, 0.4) is 0 Å². The number of halogens is 1. The number of hydrogen-bond donors (Lipinski definition) is 0. The second-order valence-electron chi connectivity index (χ2n) is 3.41. The lowest BCUT2D eigenvalue weighted by atomic mass is 10.00. The summed E-state index contributed by atoms with van der Waals surface area (Å²) in [6.07, 6.45) is 1.47. The largest absolute Gasteiger partial charge is 0.492 e. The number of ketones is 1. The van der Waals surface area contributed by atoms with Gasteiger partial charge in [-0.2, -0.15) is 0 Å². The smallest absolute Gasteiger partial charge is 0.163 e. The van der Waals surface area contributed by atoms with Crippen molar-refractivity contribution in [1.29, 1.82) is 0 Å². The predicted octanol–water partition coefficient (Wildman–Crippen LogP) is 2.35. The third-order valence-electron chi connectivity index (χ3n) is 2.40. The van der Waals surface area contributed by atoms with Crippen molar-refractivity contribution in [3.63, 3.8) is 0 Å². The van der Waals surface area contributed by atoms with E-state index in [0.717, 1.165) is 6.42 Å². The molecule has 1 aliphatic heterocycles. The molecule has 3 heteroatoms. The molecule has 14 heavy (non-hydrogen) atoms. The maximum absolute atomic E-state index is 13.3. The highest BCUT2D eigenvalue weighted by Crippen LogP contribution is 2.31. The van der Waals surface area contributed by atoms with E-state index in [9.17, 15) is 9.18 Å². The van der Waals surface area contributed by atoms with Crippen molar-refractivity contribution >= 4 is 5.78 Å². The number of Topliss-reactive ketones (excluding diaryl/α,β-unsaturated/α-hetero) is 1. The molecular formula is C11H11FO2. The molecule has 1 heterocycles. The summed E-state index contributed by atoms with van der Waals surface area (Å²) in [5.74, 6) is 0.0941. The molecule has 74 valence electrons. The van der Waals surface area contributed by atoms with Gasteiger partial charge in [-0.15, -0.1) is 0 Å². The van der Waals surface area contributed by atoms with Gasteiger partial charge in [0.05, 0.1) is 12.2 Å². The number of carbonyl (C=O) groups excluding carboxylic acids is 1. The van der Waals surface area contributed by atoms with Crippen LogP contribution in [0.25, 0.3) is 0 Å². The summed E-state index contributed by atoms with van der Waals surface area (Å²) in [4.78, 5) is 11.2. The van der Waals surface area contributed by atoms with Crippen molar-refractivity contribution in [2.45, 2.75) is 19.8 Å². The van der Waals surface area contributed by atoms with Crippen LogP contribution < -0.4 is 4.74 Å². The summed E-state index contributed by atoms with van der Waals surface area (Å²) in [5, 5.41) is 0. The average Bonchev–Trinajstić information content (AvgIpc) is 2.18. The minimum atomic E-state index is -0.273. The van der Waals surface area contributed by atoms with Crippen molar-refractivity contribution < 1.29 is 13.9 Å². The van der Waals surface area contributed by atoms with E-state index in [1.165, 1.54) is 19.1 Å². The first-order valence-electron chi connectivity index (χ1n) is 4.65. The first-order valence-corrected chi connectivity index (χ1v) is 4.65. The van der Waals surface area contributed by atoms with Gasteiger partial charge in [0, 0.05) is 5.56 Å². The molecule has 2 nitrogen and oxygen atoms in total. The number of carbonyl (C=O) groups is 1. The van der Waals surface area contributed by atoms with E-state index in [2.05, 4.69) is 0 Å². The Morgan fingerprint density at radius 1 is 1.50 bits per heavy atom. The van der Waals surface area contributed by atoms with Gasteiger partial charge in [0.2, 0.25) is 0 Å². The lowest BCUT2D eigenvalue weighted by molar-refractivity contribution is 0.101. The van der Waals surface area contributed by atoms with Crippen molar-refractivity contribution in [2.24, 2.45) is 0 Å². The van der Waals surface area contributed by atoms with Gasteiger partial charge in [0.1, 0.15) is 11.6 Å². The maximum Gasteiger partial charge on any atom is 0.163 e. The number of fused-ring (bicyclic) bond motifs is 1. The molecule has 0 aliphatic carbocycles. The Bertz CT molecular complexity index is 385. The number of hydrogen-bond acceptors (Lipinski definition) is 2. The van der Waals surface area contributed by atoms with Crippen LogP contribution in [-0.2, 0) is 6.42 Å². The fourth-order valence-electron chi connectivity index (χ4n) is 1.70. The second-order valence-corrected chi connectivity index (χ2v) is 3.41. The van der Waals surface area contributed by atoms with Crippen molar-refractivity contribution in [2.75, 3.05) is 6.61 Å². The Hall–Kier alpha value is -1.38. The Morgan fingerprint density at radius 2 is 2.29 bits per heavy atom. The summed E-state index contributed by atoms with van der Waals surface area (Å²) in [6.45, 7) is 2.03. The molecule has 0 aromatic heterocycles. The molecule has 2 rings (SSSR count). The number of benzene rings is 1. The van der Waals surface area contributed by atoms with E-state index in [0.29, 0.717) is 29.9 Å². The molecule has 0 fully saturated rings. The zero-order valence-electron chi connectivity index (χ0n) is 7.97. The summed E-state index contributed by atoms with van der Waals surface area (Å²) in [7, 11) is 0. The molecule has 1 aliphatic rings. The first-order chi connectivity index (χ1) is 6.70. The van der Waals surface area contributed by atoms with Gasteiger partial charge in [0.15, 0.2) is 5.78 Å². The number of ether oxygens (including phenoxy) is 1. The standard InChI is InChI=1S/C11H11FO2/c1-7(13)8-4-5-10(12)9-3-2-6-14-11(8)9/h4-5H,2-3,6H2,1H3. The zero-order valence-corrected chi connectivity index (χ0v) is 7.97. The second kappa shape index (κ2) is 3.40. The van der Waals surface area contributed by atoms with Crippen molar-refractivity contribution in [3.8, 4) is 5.75 Å². The Balaban J connectivity index is 2.59. The van der Waals surface area contributed by atoms with Crippen LogP contribution in [0.15, 0.2) is 12.1 Å². The average molecular weight is 194 g/mol. The van der Waals surface area contributed by atoms with E-state index in [-0.39, 0.29) is 11.6 Å². The lowest BCUT2D eigenvalue weighted by Gasteiger charge is -2.19.